The molecule has 0 aliphatic carbocycles. The molecule has 1 aliphatic rings. The van der Waals surface area contributed by atoms with Crippen molar-refractivity contribution in [2.24, 2.45) is 0 Å². The minimum Gasteiger partial charge on any atom is -0.497 e. The normalized spacial score (nSPS) is 14.4. The standard InChI is InChI=1S/C24H29N5O2S/c1-27(24-25-22(26-32-24)16-20-9-6-10-21(15-20)31-2)18-23(30)29-13-11-28(12-14-29)17-19-7-4-3-5-8-19/h3-10,15H,11-14,16-18H2,1-2H3. The van der Waals surface area contributed by atoms with Crippen LogP contribution in [-0.2, 0) is 17.8 Å². The van der Waals surface area contributed by atoms with Crippen molar-refractivity contribution < 1.29 is 9.53 Å². The van der Waals surface area contributed by atoms with Gasteiger partial charge in [0.1, 0.15) is 11.6 Å². The molecule has 0 unspecified atom stereocenters. The molecule has 0 N–H and O–H groups in total. The summed E-state index contributed by atoms with van der Waals surface area (Å²) in [7, 11) is 3.56. The minimum atomic E-state index is 0.136. The van der Waals surface area contributed by atoms with Crippen LogP contribution in [-0.4, -0.2) is 71.9 Å². The highest BCUT2D eigenvalue weighted by atomic mass is 32.1. The number of piperazine rings is 1. The number of benzene rings is 2. The van der Waals surface area contributed by atoms with Crippen molar-refractivity contribution in [2.75, 3.05) is 51.8 Å². The Balaban J connectivity index is 1.26. The van der Waals surface area contributed by atoms with Gasteiger partial charge in [-0.3, -0.25) is 9.69 Å². The van der Waals surface area contributed by atoms with Crippen molar-refractivity contribution in [3.63, 3.8) is 0 Å². The number of ether oxygens (including phenoxy) is 1. The van der Waals surface area contributed by atoms with Crippen LogP contribution in [0, 0.1) is 0 Å². The van der Waals surface area contributed by atoms with E-state index in [-0.39, 0.29) is 5.91 Å². The topological polar surface area (TPSA) is 61.8 Å². The second-order valence-electron chi connectivity index (χ2n) is 8.02. The molecule has 0 saturated carbocycles. The Bertz CT molecular complexity index is 1020. The van der Waals surface area contributed by atoms with E-state index in [1.54, 1.807) is 7.11 Å². The Labute approximate surface area is 193 Å². The zero-order chi connectivity index (χ0) is 22.3. The van der Waals surface area contributed by atoms with Gasteiger partial charge < -0.3 is 14.5 Å². The van der Waals surface area contributed by atoms with Crippen LogP contribution < -0.4 is 9.64 Å². The number of carbonyl (C=O) groups excluding carboxylic acids is 1. The number of amides is 1. The van der Waals surface area contributed by atoms with Gasteiger partial charge in [0.05, 0.1) is 13.7 Å². The summed E-state index contributed by atoms with van der Waals surface area (Å²) in [4.78, 5) is 23.7. The molecular weight excluding hydrogens is 422 g/mol. The van der Waals surface area contributed by atoms with E-state index in [4.69, 9.17) is 4.74 Å². The lowest BCUT2D eigenvalue weighted by Gasteiger charge is -2.35. The van der Waals surface area contributed by atoms with E-state index in [1.165, 1.54) is 17.1 Å². The highest BCUT2D eigenvalue weighted by molar-refractivity contribution is 7.09. The molecule has 0 atom stereocenters. The minimum absolute atomic E-state index is 0.136. The molecule has 0 radical (unpaired) electrons. The van der Waals surface area contributed by atoms with Crippen molar-refractivity contribution in [2.45, 2.75) is 13.0 Å². The number of likely N-dealkylation sites (N-methyl/N-ethyl adjacent to an activating group) is 1. The van der Waals surface area contributed by atoms with Gasteiger partial charge in [-0.1, -0.05) is 42.5 Å². The number of anilines is 1. The van der Waals surface area contributed by atoms with Crippen molar-refractivity contribution >= 4 is 22.6 Å². The Kier molecular flexibility index (Phi) is 7.34. The maximum absolute atomic E-state index is 12.8. The van der Waals surface area contributed by atoms with E-state index in [0.29, 0.717) is 13.0 Å². The van der Waals surface area contributed by atoms with Crippen molar-refractivity contribution in [1.29, 1.82) is 0 Å². The zero-order valence-electron chi connectivity index (χ0n) is 18.6. The first-order valence-corrected chi connectivity index (χ1v) is 11.6. The quantitative estimate of drug-likeness (QED) is 0.525. The zero-order valence-corrected chi connectivity index (χ0v) is 19.4. The van der Waals surface area contributed by atoms with Gasteiger partial charge in [0, 0.05) is 57.7 Å². The van der Waals surface area contributed by atoms with Gasteiger partial charge in [-0.25, -0.2) is 4.98 Å². The molecule has 3 aromatic rings. The predicted octanol–water partition coefficient (Wildman–Crippen LogP) is 2.92. The molecular formula is C24H29N5O2S. The number of methoxy groups -OCH3 is 1. The Morgan fingerprint density at radius 1 is 1.06 bits per heavy atom. The second-order valence-corrected chi connectivity index (χ2v) is 8.75. The van der Waals surface area contributed by atoms with Crippen LogP contribution in [0.3, 0.4) is 0 Å². The third kappa shape index (κ3) is 5.83. The van der Waals surface area contributed by atoms with Gasteiger partial charge in [0.2, 0.25) is 11.0 Å². The predicted molar refractivity (Wildman–Crippen MR) is 127 cm³/mol. The van der Waals surface area contributed by atoms with Gasteiger partial charge in [0.15, 0.2) is 0 Å². The molecule has 8 heteroatoms. The number of rotatable bonds is 8. The highest BCUT2D eigenvalue weighted by Gasteiger charge is 2.23. The van der Waals surface area contributed by atoms with Crippen LogP contribution in [0.2, 0.25) is 0 Å². The molecule has 7 nitrogen and oxygen atoms in total. The van der Waals surface area contributed by atoms with Crippen molar-refractivity contribution in [1.82, 2.24) is 19.2 Å². The van der Waals surface area contributed by atoms with Gasteiger partial charge in [-0.05, 0) is 23.3 Å². The number of hydrogen-bond donors (Lipinski definition) is 0. The summed E-state index contributed by atoms with van der Waals surface area (Å²) in [6, 6.07) is 18.4. The lowest BCUT2D eigenvalue weighted by atomic mass is 10.1. The average molecular weight is 452 g/mol. The summed E-state index contributed by atoms with van der Waals surface area (Å²) in [6.07, 6.45) is 0.638. The summed E-state index contributed by atoms with van der Waals surface area (Å²) in [5, 5.41) is 0.763. The van der Waals surface area contributed by atoms with Crippen LogP contribution in [0.1, 0.15) is 17.0 Å². The van der Waals surface area contributed by atoms with Crippen LogP contribution in [0.25, 0.3) is 0 Å². The molecule has 2 aromatic carbocycles. The fourth-order valence-corrected chi connectivity index (χ4v) is 4.45. The smallest absolute Gasteiger partial charge is 0.242 e. The summed E-state index contributed by atoms with van der Waals surface area (Å²) >= 11 is 1.33. The van der Waals surface area contributed by atoms with E-state index in [1.807, 2.05) is 47.2 Å². The van der Waals surface area contributed by atoms with Gasteiger partial charge >= 0.3 is 0 Å². The van der Waals surface area contributed by atoms with E-state index in [9.17, 15) is 4.79 Å². The van der Waals surface area contributed by atoms with E-state index in [0.717, 1.165) is 55.0 Å². The lowest BCUT2D eigenvalue weighted by Crippen LogP contribution is -2.50. The lowest BCUT2D eigenvalue weighted by molar-refractivity contribution is -0.131. The molecule has 2 heterocycles. The second kappa shape index (κ2) is 10.6. The fraction of sp³-hybridized carbons (Fsp3) is 0.375. The largest absolute Gasteiger partial charge is 0.497 e. The molecule has 1 amide bonds. The molecule has 1 aromatic heterocycles. The Hall–Kier alpha value is -2.97. The van der Waals surface area contributed by atoms with Gasteiger partial charge in [-0.2, -0.15) is 4.37 Å². The molecule has 0 bridgehead atoms. The van der Waals surface area contributed by atoms with Crippen molar-refractivity contribution in [3.05, 3.63) is 71.5 Å². The number of hydrogen-bond acceptors (Lipinski definition) is 7. The third-order valence-corrected chi connectivity index (χ3v) is 6.50. The average Bonchev–Trinajstić information content (AvgIpc) is 3.29. The third-order valence-electron chi connectivity index (χ3n) is 5.63. The summed E-state index contributed by atoms with van der Waals surface area (Å²) < 4.78 is 9.76. The molecule has 0 spiro atoms. The maximum atomic E-state index is 12.8. The fourth-order valence-electron chi connectivity index (χ4n) is 3.80. The number of aromatic nitrogens is 2. The maximum Gasteiger partial charge on any atom is 0.242 e. The number of carbonyl (C=O) groups is 1. The van der Waals surface area contributed by atoms with E-state index < -0.39 is 0 Å². The first-order valence-electron chi connectivity index (χ1n) is 10.8. The highest BCUT2D eigenvalue weighted by Crippen LogP contribution is 2.20. The molecule has 1 saturated heterocycles. The summed E-state index contributed by atoms with van der Waals surface area (Å²) in [6.45, 7) is 4.56. The van der Waals surface area contributed by atoms with Gasteiger partial charge in [-0.15, -0.1) is 0 Å². The van der Waals surface area contributed by atoms with Crippen LogP contribution in [0.5, 0.6) is 5.75 Å². The van der Waals surface area contributed by atoms with Gasteiger partial charge in [0.25, 0.3) is 0 Å². The molecule has 1 aliphatic heterocycles. The monoisotopic (exact) mass is 451 g/mol. The van der Waals surface area contributed by atoms with Crippen molar-refractivity contribution in [3.8, 4) is 5.75 Å². The number of nitrogens with zero attached hydrogens (tertiary/aromatic N) is 5. The van der Waals surface area contributed by atoms with Crippen LogP contribution in [0.4, 0.5) is 5.13 Å². The molecule has 1 fully saturated rings. The first-order chi connectivity index (χ1) is 15.6. The summed E-state index contributed by atoms with van der Waals surface area (Å²) in [5.74, 6) is 1.72. The van der Waals surface area contributed by atoms with E-state index >= 15 is 0 Å². The SMILES string of the molecule is COc1cccc(Cc2nsc(N(C)CC(=O)N3CCN(Cc4ccccc4)CC3)n2)c1. The Morgan fingerprint density at radius 3 is 2.56 bits per heavy atom. The van der Waals surface area contributed by atoms with E-state index in [2.05, 4.69) is 38.5 Å². The molecule has 168 valence electrons. The molecule has 32 heavy (non-hydrogen) atoms. The Morgan fingerprint density at radius 2 is 1.81 bits per heavy atom. The van der Waals surface area contributed by atoms with Crippen LogP contribution in [0.15, 0.2) is 54.6 Å². The first kappa shape index (κ1) is 22.2. The molecule has 4 rings (SSSR count). The summed E-state index contributed by atoms with van der Waals surface area (Å²) in [5.41, 5.74) is 2.41. The van der Waals surface area contributed by atoms with Crippen LogP contribution >= 0.6 is 11.5 Å².